The summed E-state index contributed by atoms with van der Waals surface area (Å²) in [5.41, 5.74) is 1.34. The van der Waals surface area contributed by atoms with Crippen LogP contribution in [0.15, 0.2) is 54.7 Å². The second-order valence-electron chi connectivity index (χ2n) is 5.46. The number of aromatic nitrogens is 1. The van der Waals surface area contributed by atoms with E-state index in [1.165, 1.54) is 6.92 Å². The van der Waals surface area contributed by atoms with E-state index in [4.69, 9.17) is 21.1 Å². The molecule has 2 aromatic carbocycles. The molecule has 5 nitrogen and oxygen atoms in total. The summed E-state index contributed by atoms with van der Waals surface area (Å²) in [6.45, 7) is 1.22. The zero-order chi connectivity index (χ0) is 17.8. The van der Waals surface area contributed by atoms with E-state index >= 15 is 0 Å². The van der Waals surface area contributed by atoms with Gasteiger partial charge in [0.2, 0.25) is 5.78 Å². The molecule has 0 aliphatic carbocycles. The molecule has 0 fully saturated rings. The van der Waals surface area contributed by atoms with Crippen LogP contribution in [0.4, 0.5) is 0 Å². The van der Waals surface area contributed by atoms with E-state index in [2.05, 4.69) is 4.98 Å². The summed E-state index contributed by atoms with van der Waals surface area (Å²) in [7, 11) is 0. The predicted molar refractivity (Wildman–Crippen MR) is 95.1 cm³/mol. The van der Waals surface area contributed by atoms with Crippen LogP contribution in [0.2, 0.25) is 5.02 Å². The zero-order valence-corrected chi connectivity index (χ0v) is 14.2. The molecular formula is C19H16ClNO4. The number of aromatic amines is 1. The lowest BCUT2D eigenvalue weighted by Gasteiger charge is -2.13. The van der Waals surface area contributed by atoms with Crippen LogP contribution in [0.5, 0.6) is 5.75 Å². The fraction of sp³-hybridized carbons (Fsp3) is 0.158. The van der Waals surface area contributed by atoms with Crippen LogP contribution in [-0.2, 0) is 9.53 Å². The van der Waals surface area contributed by atoms with Crippen molar-refractivity contribution in [2.24, 2.45) is 0 Å². The molecule has 1 atom stereocenters. The van der Waals surface area contributed by atoms with E-state index < -0.39 is 12.1 Å². The Balaban J connectivity index is 1.61. The molecule has 128 valence electrons. The lowest BCUT2D eigenvalue weighted by Crippen LogP contribution is -2.27. The maximum Gasteiger partial charge on any atom is 0.344 e. The summed E-state index contributed by atoms with van der Waals surface area (Å²) in [6.07, 6.45) is 0.707. The number of rotatable bonds is 6. The van der Waals surface area contributed by atoms with Crippen molar-refractivity contribution in [3.8, 4) is 5.75 Å². The first kappa shape index (κ1) is 17.0. The minimum Gasteiger partial charge on any atom is -0.480 e. The minimum absolute atomic E-state index is 0.274. The molecule has 0 saturated heterocycles. The molecule has 0 aliphatic heterocycles. The van der Waals surface area contributed by atoms with Crippen LogP contribution in [0.25, 0.3) is 10.9 Å². The third-order valence-electron chi connectivity index (χ3n) is 3.71. The Morgan fingerprint density at radius 1 is 1.12 bits per heavy atom. The number of ether oxygens (including phenoxy) is 2. The molecule has 0 unspecified atom stereocenters. The van der Waals surface area contributed by atoms with Crippen molar-refractivity contribution in [1.82, 2.24) is 4.98 Å². The average molecular weight is 358 g/mol. The molecule has 0 spiro atoms. The zero-order valence-electron chi connectivity index (χ0n) is 13.5. The second-order valence-corrected chi connectivity index (χ2v) is 5.87. The third kappa shape index (κ3) is 3.83. The summed E-state index contributed by atoms with van der Waals surface area (Å²) in [6, 6.07) is 14.3. The van der Waals surface area contributed by atoms with Gasteiger partial charge >= 0.3 is 5.97 Å². The van der Waals surface area contributed by atoms with Gasteiger partial charge in [-0.1, -0.05) is 41.9 Å². The predicted octanol–water partition coefficient (Wildman–Crippen LogP) is 4.01. The van der Waals surface area contributed by atoms with Gasteiger partial charge < -0.3 is 14.5 Å². The Bertz CT molecular complexity index is 918. The van der Waals surface area contributed by atoms with Crippen LogP contribution in [-0.4, -0.2) is 29.4 Å². The molecule has 0 radical (unpaired) electrons. The highest BCUT2D eigenvalue weighted by molar-refractivity contribution is 6.32. The maximum atomic E-state index is 12.5. The largest absolute Gasteiger partial charge is 0.480 e. The van der Waals surface area contributed by atoms with Crippen molar-refractivity contribution < 1.29 is 19.1 Å². The molecule has 25 heavy (non-hydrogen) atoms. The topological polar surface area (TPSA) is 68.4 Å². The number of Topliss-reactive ketones (excluding diaryl/α,β-unsaturated/α-hetero) is 1. The number of para-hydroxylation sites is 2. The first-order valence-electron chi connectivity index (χ1n) is 7.73. The fourth-order valence-corrected chi connectivity index (χ4v) is 2.67. The number of halogens is 1. The van der Waals surface area contributed by atoms with Gasteiger partial charge in [0.05, 0.1) is 5.02 Å². The molecule has 1 heterocycles. The molecule has 6 heteroatoms. The van der Waals surface area contributed by atoms with Gasteiger partial charge in [-0.2, -0.15) is 0 Å². The summed E-state index contributed by atoms with van der Waals surface area (Å²) < 4.78 is 10.5. The minimum atomic E-state index is -0.915. The second kappa shape index (κ2) is 7.40. The number of benzene rings is 2. The number of hydrogen-bond donors (Lipinski definition) is 1. The number of esters is 1. The van der Waals surface area contributed by atoms with Gasteiger partial charge in [-0.05, 0) is 25.1 Å². The summed E-state index contributed by atoms with van der Waals surface area (Å²) in [5.74, 6) is -0.527. The van der Waals surface area contributed by atoms with E-state index in [1.54, 1.807) is 30.5 Å². The van der Waals surface area contributed by atoms with Crippen molar-refractivity contribution >= 4 is 34.3 Å². The summed E-state index contributed by atoms with van der Waals surface area (Å²) in [5, 5.41) is 1.20. The van der Waals surface area contributed by atoms with Crippen molar-refractivity contribution in [1.29, 1.82) is 0 Å². The SMILES string of the molecule is C[C@H](OC(=O)COc1ccccc1Cl)C(=O)c1c[nH]c2ccccc12. The number of hydrogen-bond acceptors (Lipinski definition) is 4. The monoisotopic (exact) mass is 357 g/mol. The Morgan fingerprint density at radius 3 is 2.64 bits per heavy atom. The Hall–Kier alpha value is -2.79. The molecule has 3 rings (SSSR count). The van der Waals surface area contributed by atoms with E-state index in [1.807, 2.05) is 24.3 Å². The fourth-order valence-electron chi connectivity index (χ4n) is 2.48. The van der Waals surface area contributed by atoms with Crippen LogP contribution in [0.3, 0.4) is 0 Å². The molecule has 0 aliphatic rings. The van der Waals surface area contributed by atoms with Crippen LogP contribution < -0.4 is 4.74 Å². The van der Waals surface area contributed by atoms with Gasteiger partial charge in [0.25, 0.3) is 0 Å². The quantitative estimate of drug-likeness (QED) is 0.534. The van der Waals surface area contributed by atoms with E-state index in [0.29, 0.717) is 16.3 Å². The summed E-state index contributed by atoms with van der Waals surface area (Å²) >= 11 is 5.95. The molecular weight excluding hydrogens is 342 g/mol. The Morgan fingerprint density at radius 2 is 1.84 bits per heavy atom. The highest BCUT2D eigenvalue weighted by Gasteiger charge is 2.22. The number of carbonyl (C=O) groups excluding carboxylic acids is 2. The molecule has 0 amide bonds. The lowest BCUT2D eigenvalue weighted by atomic mass is 10.1. The Kier molecular flexibility index (Phi) is 5.05. The molecule has 0 bridgehead atoms. The number of ketones is 1. The smallest absolute Gasteiger partial charge is 0.344 e. The van der Waals surface area contributed by atoms with E-state index in [-0.39, 0.29) is 12.4 Å². The van der Waals surface area contributed by atoms with Crippen molar-refractivity contribution in [2.75, 3.05) is 6.61 Å². The molecule has 1 aromatic heterocycles. The lowest BCUT2D eigenvalue weighted by molar-refractivity contribution is -0.148. The first-order chi connectivity index (χ1) is 12.1. The molecule has 3 aromatic rings. The highest BCUT2D eigenvalue weighted by Crippen LogP contribution is 2.23. The van der Waals surface area contributed by atoms with Gasteiger partial charge in [-0.25, -0.2) is 4.79 Å². The molecule has 1 N–H and O–H groups in total. The van der Waals surface area contributed by atoms with Gasteiger partial charge in [-0.15, -0.1) is 0 Å². The number of fused-ring (bicyclic) bond motifs is 1. The normalized spacial score (nSPS) is 11.9. The average Bonchev–Trinajstić information content (AvgIpc) is 3.04. The highest BCUT2D eigenvalue weighted by atomic mass is 35.5. The van der Waals surface area contributed by atoms with E-state index in [9.17, 15) is 9.59 Å². The van der Waals surface area contributed by atoms with Gasteiger partial charge in [0, 0.05) is 22.7 Å². The summed E-state index contributed by atoms with van der Waals surface area (Å²) in [4.78, 5) is 27.5. The first-order valence-corrected chi connectivity index (χ1v) is 8.11. The van der Waals surface area contributed by atoms with Crippen molar-refractivity contribution in [3.05, 3.63) is 65.3 Å². The van der Waals surface area contributed by atoms with Crippen molar-refractivity contribution in [2.45, 2.75) is 13.0 Å². The van der Waals surface area contributed by atoms with Crippen LogP contribution in [0.1, 0.15) is 17.3 Å². The number of carbonyl (C=O) groups is 2. The van der Waals surface area contributed by atoms with Gasteiger partial charge in [-0.3, -0.25) is 4.79 Å². The van der Waals surface area contributed by atoms with Gasteiger partial charge in [0.1, 0.15) is 5.75 Å². The number of nitrogens with one attached hydrogen (secondary N) is 1. The van der Waals surface area contributed by atoms with Crippen molar-refractivity contribution in [3.63, 3.8) is 0 Å². The van der Waals surface area contributed by atoms with Gasteiger partial charge in [0.15, 0.2) is 12.7 Å². The third-order valence-corrected chi connectivity index (χ3v) is 4.03. The van der Waals surface area contributed by atoms with Crippen LogP contribution in [0, 0.1) is 0 Å². The molecule has 0 saturated carbocycles. The number of H-pyrrole nitrogens is 1. The van der Waals surface area contributed by atoms with Crippen LogP contribution >= 0.6 is 11.6 Å². The van der Waals surface area contributed by atoms with E-state index in [0.717, 1.165) is 10.9 Å². The maximum absolute atomic E-state index is 12.5. The Labute approximate surface area is 149 Å². The standard InChI is InChI=1S/C19H16ClNO4/c1-12(19(23)14-10-21-16-8-4-2-6-13(14)16)25-18(22)11-24-17-9-5-3-7-15(17)20/h2-10,12,21H,11H2,1H3/t12-/m0/s1.